The van der Waals surface area contributed by atoms with Gasteiger partial charge in [-0.05, 0) is 68.5 Å². The van der Waals surface area contributed by atoms with E-state index in [1.807, 2.05) is 13.1 Å². The molecule has 0 aliphatic carbocycles. The quantitative estimate of drug-likeness (QED) is 0.583. The first-order chi connectivity index (χ1) is 13.5. The van der Waals surface area contributed by atoms with Crippen molar-refractivity contribution in [2.24, 2.45) is 5.92 Å². The fraction of sp³-hybridized carbons (Fsp3) is 0.480. The van der Waals surface area contributed by atoms with Crippen molar-refractivity contribution in [3.8, 4) is 0 Å². The van der Waals surface area contributed by atoms with E-state index >= 15 is 0 Å². The molecule has 3 nitrogen and oxygen atoms in total. The number of aromatic nitrogens is 2. The first kappa shape index (κ1) is 19.2. The summed E-state index contributed by atoms with van der Waals surface area (Å²) >= 11 is 0. The summed E-state index contributed by atoms with van der Waals surface area (Å²) in [7, 11) is 0. The fourth-order valence-electron chi connectivity index (χ4n) is 4.39. The van der Waals surface area contributed by atoms with Gasteiger partial charge in [0.05, 0.1) is 0 Å². The number of benzene rings is 1. The van der Waals surface area contributed by atoms with Gasteiger partial charge in [0.25, 0.3) is 0 Å². The molecule has 0 radical (unpaired) electrons. The highest BCUT2D eigenvalue weighted by Gasteiger charge is 2.24. The van der Waals surface area contributed by atoms with Gasteiger partial charge >= 0.3 is 0 Å². The molecule has 3 aromatic rings. The van der Waals surface area contributed by atoms with Gasteiger partial charge in [-0.2, -0.15) is 0 Å². The van der Waals surface area contributed by atoms with Crippen molar-refractivity contribution in [3.63, 3.8) is 0 Å². The van der Waals surface area contributed by atoms with E-state index in [9.17, 15) is 0 Å². The topological polar surface area (TPSA) is 21.1 Å². The van der Waals surface area contributed by atoms with E-state index in [-0.39, 0.29) is 0 Å². The average molecular weight is 376 g/mol. The third-order valence-corrected chi connectivity index (χ3v) is 6.11. The first-order valence-electron chi connectivity index (χ1n) is 10.8. The van der Waals surface area contributed by atoms with Crippen LogP contribution in [0.2, 0.25) is 0 Å². The van der Waals surface area contributed by atoms with Crippen molar-refractivity contribution >= 4 is 10.9 Å². The van der Waals surface area contributed by atoms with Crippen LogP contribution >= 0.6 is 0 Å². The third kappa shape index (κ3) is 4.00. The van der Waals surface area contributed by atoms with Crippen LogP contribution in [-0.2, 0) is 25.9 Å². The summed E-state index contributed by atoms with van der Waals surface area (Å²) in [4.78, 5) is 7.12. The van der Waals surface area contributed by atoms with E-state index in [2.05, 4.69) is 65.6 Å². The highest BCUT2D eigenvalue weighted by atomic mass is 15.1. The van der Waals surface area contributed by atoms with Crippen LogP contribution in [0.15, 0.2) is 36.5 Å². The van der Waals surface area contributed by atoms with Gasteiger partial charge in [0.1, 0.15) is 0 Å². The van der Waals surface area contributed by atoms with Crippen molar-refractivity contribution in [1.82, 2.24) is 14.5 Å². The Bertz CT molecular complexity index is 950. The Morgan fingerprint density at radius 3 is 2.68 bits per heavy atom. The van der Waals surface area contributed by atoms with E-state index in [1.54, 1.807) is 11.3 Å². The minimum absolute atomic E-state index is 0.771. The van der Waals surface area contributed by atoms with Gasteiger partial charge in [0.2, 0.25) is 0 Å². The normalized spacial score (nSPS) is 14.8. The molecule has 2 aromatic heterocycles. The van der Waals surface area contributed by atoms with Crippen molar-refractivity contribution in [3.05, 3.63) is 64.6 Å². The first-order valence-corrected chi connectivity index (χ1v) is 10.8. The van der Waals surface area contributed by atoms with Crippen LogP contribution in [0.1, 0.15) is 48.3 Å². The molecular weight excluding hydrogens is 342 g/mol. The predicted molar refractivity (Wildman–Crippen MR) is 118 cm³/mol. The van der Waals surface area contributed by atoms with E-state index in [0.29, 0.717) is 0 Å². The molecule has 0 atom stereocenters. The molecular formula is C25H33N3. The van der Waals surface area contributed by atoms with E-state index < -0.39 is 0 Å². The molecule has 3 heterocycles. The molecule has 1 aliphatic rings. The van der Waals surface area contributed by atoms with E-state index in [0.717, 1.165) is 37.5 Å². The summed E-state index contributed by atoms with van der Waals surface area (Å²) in [6, 6.07) is 11.3. The molecule has 4 rings (SSSR count). The summed E-state index contributed by atoms with van der Waals surface area (Å²) in [5.74, 6) is 0.771. The Balaban J connectivity index is 1.63. The number of nitrogens with zero attached hydrogens (tertiary/aromatic N) is 3. The van der Waals surface area contributed by atoms with Gasteiger partial charge in [0, 0.05) is 54.5 Å². The predicted octanol–water partition coefficient (Wildman–Crippen LogP) is 5.30. The second-order valence-corrected chi connectivity index (χ2v) is 8.86. The zero-order valence-corrected chi connectivity index (χ0v) is 17.8. The number of hydrogen-bond acceptors (Lipinski definition) is 2. The number of rotatable bonds is 6. The Morgan fingerprint density at radius 2 is 1.93 bits per heavy atom. The number of aryl methyl sites for hydroxylation is 4. The molecule has 0 saturated heterocycles. The van der Waals surface area contributed by atoms with Crippen LogP contribution in [0.5, 0.6) is 0 Å². The minimum atomic E-state index is 0.771. The standard InChI is InChI=1S/C25H33N3/c1-18(2)9-12-27-13-11-25-23(17-27)22-15-19(3)5-8-24(22)28(25)14-10-21-7-6-20(4)26-16-21/h5-8,15-16,18H,9-14,17H2,1-4H3. The minimum Gasteiger partial charge on any atom is -0.344 e. The lowest BCUT2D eigenvalue weighted by Crippen LogP contribution is -2.32. The Labute approximate surface area is 169 Å². The van der Waals surface area contributed by atoms with Crippen LogP contribution in [0.25, 0.3) is 10.9 Å². The zero-order chi connectivity index (χ0) is 19.7. The molecule has 1 aromatic carbocycles. The van der Waals surface area contributed by atoms with Gasteiger partial charge in [-0.15, -0.1) is 0 Å². The fourth-order valence-corrected chi connectivity index (χ4v) is 4.39. The summed E-state index contributed by atoms with van der Waals surface area (Å²) in [6.45, 7) is 13.4. The Morgan fingerprint density at radius 1 is 1.07 bits per heavy atom. The van der Waals surface area contributed by atoms with E-state index in [1.165, 1.54) is 41.5 Å². The zero-order valence-electron chi connectivity index (χ0n) is 17.8. The molecule has 0 fully saturated rings. The Hall–Kier alpha value is -2.13. The maximum atomic E-state index is 4.47. The number of hydrogen-bond donors (Lipinski definition) is 0. The maximum absolute atomic E-state index is 4.47. The highest BCUT2D eigenvalue weighted by molar-refractivity contribution is 5.86. The van der Waals surface area contributed by atoms with Crippen molar-refractivity contribution in [2.45, 2.75) is 60.0 Å². The summed E-state index contributed by atoms with van der Waals surface area (Å²) in [5.41, 5.74) is 8.29. The van der Waals surface area contributed by atoms with Crippen LogP contribution < -0.4 is 0 Å². The van der Waals surface area contributed by atoms with Gasteiger partial charge in [0.15, 0.2) is 0 Å². The molecule has 0 saturated carbocycles. The Kier molecular flexibility index (Phi) is 5.54. The summed E-state index contributed by atoms with van der Waals surface area (Å²) in [6.07, 6.45) is 5.51. The number of pyridine rings is 1. The van der Waals surface area contributed by atoms with Gasteiger partial charge in [-0.3, -0.25) is 9.88 Å². The lowest BCUT2D eigenvalue weighted by atomic mass is 10.0. The van der Waals surface area contributed by atoms with Crippen LogP contribution in [-0.4, -0.2) is 27.5 Å². The smallest absolute Gasteiger partial charge is 0.0486 e. The monoisotopic (exact) mass is 375 g/mol. The maximum Gasteiger partial charge on any atom is 0.0486 e. The lowest BCUT2D eigenvalue weighted by molar-refractivity contribution is 0.237. The third-order valence-electron chi connectivity index (χ3n) is 6.11. The summed E-state index contributed by atoms with van der Waals surface area (Å²) < 4.78 is 2.59. The van der Waals surface area contributed by atoms with Crippen molar-refractivity contribution in [1.29, 1.82) is 0 Å². The molecule has 28 heavy (non-hydrogen) atoms. The largest absolute Gasteiger partial charge is 0.344 e. The van der Waals surface area contributed by atoms with Crippen LogP contribution in [0, 0.1) is 19.8 Å². The SMILES string of the molecule is Cc1ccc2c(c1)c1c(n2CCc2ccc(C)nc2)CCN(CCC(C)C)C1. The van der Waals surface area contributed by atoms with E-state index in [4.69, 9.17) is 0 Å². The van der Waals surface area contributed by atoms with Gasteiger partial charge in [-0.1, -0.05) is 31.5 Å². The van der Waals surface area contributed by atoms with Crippen LogP contribution in [0.4, 0.5) is 0 Å². The molecule has 0 spiro atoms. The van der Waals surface area contributed by atoms with Gasteiger partial charge in [-0.25, -0.2) is 0 Å². The lowest BCUT2D eigenvalue weighted by Gasteiger charge is -2.28. The molecule has 148 valence electrons. The molecule has 0 N–H and O–H groups in total. The van der Waals surface area contributed by atoms with Crippen molar-refractivity contribution in [2.75, 3.05) is 13.1 Å². The molecule has 0 amide bonds. The van der Waals surface area contributed by atoms with Gasteiger partial charge < -0.3 is 4.57 Å². The average Bonchev–Trinajstić information content (AvgIpc) is 2.98. The summed E-state index contributed by atoms with van der Waals surface area (Å²) in [5, 5.41) is 1.46. The molecule has 0 bridgehead atoms. The highest BCUT2D eigenvalue weighted by Crippen LogP contribution is 2.32. The second-order valence-electron chi connectivity index (χ2n) is 8.86. The van der Waals surface area contributed by atoms with Crippen LogP contribution in [0.3, 0.4) is 0 Å². The molecule has 3 heteroatoms. The number of fused-ring (bicyclic) bond motifs is 3. The second kappa shape index (κ2) is 8.08. The molecule has 0 unspecified atom stereocenters. The molecule has 1 aliphatic heterocycles. The van der Waals surface area contributed by atoms with Crippen molar-refractivity contribution < 1.29 is 0 Å².